The zero-order chi connectivity index (χ0) is 17.4. The topological polar surface area (TPSA) is 66.5 Å². The number of hydrogen-bond acceptors (Lipinski definition) is 3. The van der Waals surface area contributed by atoms with E-state index in [1.165, 1.54) is 83.5 Å². The van der Waals surface area contributed by atoms with Crippen LogP contribution in [0.15, 0.2) is 12.2 Å². The SMILES string of the molecule is CCCCCCCCC=CCCCCCCCCO.NCCO. The molecule has 0 bridgehead atoms. The Labute approximate surface area is 145 Å². The van der Waals surface area contributed by atoms with E-state index in [1.54, 1.807) is 0 Å². The van der Waals surface area contributed by atoms with Crippen LogP contribution in [0.5, 0.6) is 0 Å². The number of allylic oxidation sites excluding steroid dienone is 2. The highest BCUT2D eigenvalue weighted by atomic mass is 16.3. The molecule has 0 fully saturated rings. The molecule has 0 amide bonds. The van der Waals surface area contributed by atoms with Gasteiger partial charge in [-0.2, -0.15) is 0 Å². The van der Waals surface area contributed by atoms with Gasteiger partial charge in [0.2, 0.25) is 0 Å². The Morgan fingerprint density at radius 2 is 1.00 bits per heavy atom. The fraction of sp³-hybridized carbons (Fsp3) is 0.900. The molecular weight excluding hydrogens is 286 g/mol. The molecule has 3 nitrogen and oxygen atoms in total. The number of aliphatic hydroxyl groups excluding tert-OH is 2. The first-order valence-electron chi connectivity index (χ1n) is 9.90. The largest absolute Gasteiger partial charge is 0.396 e. The summed E-state index contributed by atoms with van der Waals surface area (Å²) < 4.78 is 0. The van der Waals surface area contributed by atoms with Crippen LogP contribution in [0.3, 0.4) is 0 Å². The average molecular weight is 330 g/mol. The van der Waals surface area contributed by atoms with Gasteiger partial charge in [-0.15, -0.1) is 0 Å². The third-order valence-electron chi connectivity index (χ3n) is 3.80. The molecule has 3 heteroatoms. The molecule has 0 aromatic heterocycles. The van der Waals surface area contributed by atoms with Crippen molar-refractivity contribution in [3.8, 4) is 0 Å². The molecule has 0 saturated carbocycles. The average Bonchev–Trinajstić information content (AvgIpc) is 2.58. The molecule has 0 unspecified atom stereocenters. The molecule has 0 saturated heterocycles. The van der Waals surface area contributed by atoms with E-state index in [1.807, 2.05) is 0 Å². The van der Waals surface area contributed by atoms with E-state index in [4.69, 9.17) is 15.9 Å². The predicted molar refractivity (Wildman–Crippen MR) is 103 cm³/mol. The summed E-state index contributed by atoms with van der Waals surface area (Å²) in [6, 6.07) is 0. The van der Waals surface area contributed by atoms with Gasteiger partial charge in [-0.3, -0.25) is 0 Å². The normalized spacial score (nSPS) is 10.8. The summed E-state index contributed by atoms with van der Waals surface area (Å²) in [5.74, 6) is 0. The van der Waals surface area contributed by atoms with Crippen LogP contribution in [0, 0.1) is 0 Å². The first-order valence-corrected chi connectivity index (χ1v) is 9.90. The number of rotatable bonds is 16. The second-order valence-electron chi connectivity index (χ2n) is 6.17. The van der Waals surface area contributed by atoms with Gasteiger partial charge in [0.25, 0.3) is 0 Å². The van der Waals surface area contributed by atoms with Gasteiger partial charge in [0.1, 0.15) is 0 Å². The zero-order valence-electron chi connectivity index (χ0n) is 15.6. The number of aliphatic hydroxyl groups is 2. The van der Waals surface area contributed by atoms with E-state index < -0.39 is 0 Å². The lowest BCUT2D eigenvalue weighted by atomic mass is 10.1. The van der Waals surface area contributed by atoms with Crippen LogP contribution in [0.2, 0.25) is 0 Å². The van der Waals surface area contributed by atoms with Gasteiger partial charge in [-0.05, 0) is 32.1 Å². The Hall–Kier alpha value is -0.380. The molecule has 0 heterocycles. The maximum absolute atomic E-state index is 8.66. The minimum Gasteiger partial charge on any atom is -0.396 e. The highest BCUT2D eigenvalue weighted by Gasteiger charge is 1.90. The Balaban J connectivity index is 0. The number of nitrogens with two attached hydrogens (primary N) is 1. The van der Waals surface area contributed by atoms with Crippen LogP contribution in [0.1, 0.15) is 96.8 Å². The van der Waals surface area contributed by atoms with Gasteiger partial charge in [0.15, 0.2) is 0 Å². The van der Waals surface area contributed by atoms with E-state index in [0.717, 1.165) is 6.42 Å². The molecule has 0 aliphatic rings. The first-order chi connectivity index (χ1) is 11.3. The molecule has 23 heavy (non-hydrogen) atoms. The van der Waals surface area contributed by atoms with E-state index in [9.17, 15) is 0 Å². The van der Waals surface area contributed by atoms with Crippen molar-refractivity contribution in [3.05, 3.63) is 12.2 Å². The van der Waals surface area contributed by atoms with E-state index >= 15 is 0 Å². The molecule has 0 atom stereocenters. The second kappa shape index (κ2) is 26.5. The quantitative estimate of drug-likeness (QED) is 0.277. The molecule has 0 aromatic carbocycles. The third-order valence-corrected chi connectivity index (χ3v) is 3.80. The Morgan fingerprint density at radius 3 is 1.39 bits per heavy atom. The van der Waals surface area contributed by atoms with Crippen molar-refractivity contribution in [1.29, 1.82) is 0 Å². The predicted octanol–water partition coefficient (Wildman–Crippen LogP) is 4.95. The van der Waals surface area contributed by atoms with Crippen LogP contribution in [0.25, 0.3) is 0 Å². The van der Waals surface area contributed by atoms with Crippen molar-refractivity contribution in [3.63, 3.8) is 0 Å². The van der Waals surface area contributed by atoms with Crippen LogP contribution in [-0.4, -0.2) is 30.0 Å². The van der Waals surface area contributed by atoms with Gasteiger partial charge < -0.3 is 15.9 Å². The van der Waals surface area contributed by atoms with Crippen LogP contribution < -0.4 is 5.73 Å². The van der Waals surface area contributed by atoms with Gasteiger partial charge in [-0.1, -0.05) is 76.9 Å². The number of unbranched alkanes of at least 4 members (excludes halogenated alkanes) is 12. The summed E-state index contributed by atoms with van der Waals surface area (Å²) in [4.78, 5) is 0. The summed E-state index contributed by atoms with van der Waals surface area (Å²) in [5.41, 5.74) is 4.78. The van der Waals surface area contributed by atoms with Crippen molar-refractivity contribution in [1.82, 2.24) is 0 Å². The van der Waals surface area contributed by atoms with Crippen LogP contribution in [0.4, 0.5) is 0 Å². The standard InChI is InChI=1S/C18H36O.C2H7NO/c1-2-3-4-5-6-7-8-9-10-11-12-13-14-15-16-17-18-19;3-1-2-4/h9-10,19H,2-8,11-18H2,1H3;4H,1-3H2. The monoisotopic (exact) mass is 329 g/mol. The maximum atomic E-state index is 8.66. The minimum atomic E-state index is 0.0972. The van der Waals surface area contributed by atoms with E-state index in [0.29, 0.717) is 13.2 Å². The summed E-state index contributed by atoms with van der Waals surface area (Å²) in [6.07, 6.45) is 23.2. The Bertz CT molecular complexity index is 206. The molecular formula is C20H43NO2. The maximum Gasteiger partial charge on any atom is 0.0553 e. The second-order valence-corrected chi connectivity index (χ2v) is 6.17. The minimum absolute atomic E-state index is 0.0972. The van der Waals surface area contributed by atoms with Gasteiger partial charge in [-0.25, -0.2) is 0 Å². The van der Waals surface area contributed by atoms with Gasteiger partial charge in [0.05, 0.1) is 6.61 Å². The third kappa shape index (κ3) is 30.1. The van der Waals surface area contributed by atoms with Crippen molar-refractivity contribution in [2.24, 2.45) is 5.73 Å². The summed E-state index contributed by atoms with van der Waals surface area (Å²) in [7, 11) is 0. The lowest BCUT2D eigenvalue weighted by molar-refractivity contribution is 0.282. The summed E-state index contributed by atoms with van der Waals surface area (Å²) >= 11 is 0. The van der Waals surface area contributed by atoms with Crippen molar-refractivity contribution >= 4 is 0 Å². The van der Waals surface area contributed by atoms with E-state index in [-0.39, 0.29) is 6.61 Å². The molecule has 0 radical (unpaired) electrons. The van der Waals surface area contributed by atoms with Crippen LogP contribution >= 0.6 is 0 Å². The molecule has 0 aliphatic heterocycles. The van der Waals surface area contributed by atoms with E-state index in [2.05, 4.69) is 19.1 Å². The highest BCUT2D eigenvalue weighted by Crippen LogP contribution is 2.09. The van der Waals surface area contributed by atoms with Crippen LogP contribution in [-0.2, 0) is 0 Å². The Morgan fingerprint density at radius 1 is 0.609 bits per heavy atom. The van der Waals surface area contributed by atoms with Crippen molar-refractivity contribution in [2.45, 2.75) is 96.8 Å². The summed E-state index contributed by atoms with van der Waals surface area (Å²) in [5, 5.41) is 16.4. The molecule has 140 valence electrons. The van der Waals surface area contributed by atoms with Crippen molar-refractivity contribution < 1.29 is 10.2 Å². The molecule has 0 aromatic rings. The first kappa shape index (κ1) is 24.9. The molecule has 4 N–H and O–H groups in total. The van der Waals surface area contributed by atoms with Gasteiger partial charge in [0, 0.05) is 13.2 Å². The van der Waals surface area contributed by atoms with Gasteiger partial charge >= 0.3 is 0 Å². The fourth-order valence-corrected chi connectivity index (χ4v) is 2.36. The zero-order valence-corrected chi connectivity index (χ0v) is 15.6. The lowest BCUT2D eigenvalue weighted by Crippen LogP contribution is -2.02. The summed E-state index contributed by atoms with van der Waals surface area (Å²) in [6.45, 7) is 3.11. The van der Waals surface area contributed by atoms with Crippen molar-refractivity contribution in [2.75, 3.05) is 19.8 Å². The molecule has 0 rings (SSSR count). The number of hydrogen-bond donors (Lipinski definition) is 3. The molecule has 0 spiro atoms. The Kier molecular flexibility index (Phi) is 28.7. The fourth-order valence-electron chi connectivity index (χ4n) is 2.36. The lowest BCUT2D eigenvalue weighted by Gasteiger charge is -1.99. The molecule has 0 aliphatic carbocycles. The smallest absolute Gasteiger partial charge is 0.0553 e. The highest BCUT2D eigenvalue weighted by molar-refractivity contribution is 4.81.